The molecule has 0 bridgehead atoms. The van der Waals surface area contributed by atoms with Gasteiger partial charge in [-0.1, -0.05) is 12.1 Å². The minimum atomic E-state index is -0.467. The van der Waals surface area contributed by atoms with Gasteiger partial charge in [-0.05, 0) is 31.0 Å². The number of aryl methyl sites for hydroxylation is 1. The average molecular weight is 303 g/mol. The number of aromatic nitrogens is 2. The van der Waals surface area contributed by atoms with E-state index in [0.717, 1.165) is 11.3 Å². The van der Waals surface area contributed by atoms with Crippen LogP contribution in [0.5, 0.6) is 5.88 Å². The molecular formula is C16H18FN3O2. The Labute approximate surface area is 128 Å². The summed E-state index contributed by atoms with van der Waals surface area (Å²) in [7, 11) is 1.56. The summed E-state index contributed by atoms with van der Waals surface area (Å²) >= 11 is 0. The number of nitrogens with zero attached hydrogens (tertiary/aromatic N) is 3. The van der Waals surface area contributed by atoms with Crippen LogP contribution in [0.25, 0.3) is 0 Å². The maximum absolute atomic E-state index is 13.1. The lowest BCUT2D eigenvalue weighted by atomic mass is 10.0. The number of methoxy groups -OCH3 is 1. The van der Waals surface area contributed by atoms with Crippen LogP contribution in [0.4, 0.5) is 10.3 Å². The van der Waals surface area contributed by atoms with Crippen molar-refractivity contribution < 1.29 is 14.2 Å². The molecule has 1 aromatic carbocycles. The Kier molecular flexibility index (Phi) is 3.94. The van der Waals surface area contributed by atoms with Gasteiger partial charge in [0.15, 0.2) is 0 Å². The van der Waals surface area contributed by atoms with Crippen LogP contribution in [0.1, 0.15) is 23.7 Å². The largest absolute Gasteiger partial charge is 0.481 e. The molecule has 0 spiro atoms. The zero-order valence-electron chi connectivity index (χ0n) is 12.5. The Hall–Kier alpha value is -2.21. The summed E-state index contributed by atoms with van der Waals surface area (Å²) in [6.45, 7) is 2.31. The Bertz CT molecular complexity index is 663. The van der Waals surface area contributed by atoms with Crippen molar-refractivity contribution in [3.8, 4) is 5.88 Å². The number of benzene rings is 1. The van der Waals surface area contributed by atoms with Crippen LogP contribution in [0, 0.1) is 12.7 Å². The maximum Gasteiger partial charge on any atom is 0.229 e. The topological polar surface area (TPSA) is 58.5 Å². The van der Waals surface area contributed by atoms with Gasteiger partial charge in [0, 0.05) is 18.3 Å². The van der Waals surface area contributed by atoms with Gasteiger partial charge in [0.1, 0.15) is 5.82 Å². The summed E-state index contributed by atoms with van der Waals surface area (Å²) in [6.07, 6.45) is 0.0933. The summed E-state index contributed by atoms with van der Waals surface area (Å²) in [6, 6.07) is 7.99. The fourth-order valence-electron chi connectivity index (χ4n) is 2.79. The van der Waals surface area contributed by atoms with Crippen LogP contribution >= 0.6 is 0 Å². The standard InChI is InChI=1S/C16H18FN3O2/c1-10-7-15(22-2)19-16(18-10)20-9-13(21)8-14(20)11-3-5-12(17)6-4-11/h3-7,13-14,21H,8-9H2,1-2H3. The van der Waals surface area contributed by atoms with Crippen LogP contribution in [0.2, 0.25) is 0 Å². The van der Waals surface area contributed by atoms with E-state index in [-0.39, 0.29) is 11.9 Å². The maximum atomic E-state index is 13.1. The normalized spacial score (nSPS) is 21.2. The number of aliphatic hydroxyl groups excluding tert-OH is 1. The molecule has 3 rings (SSSR count). The number of β-amino-alcohol motifs (C(OH)–C–C–N with tert-alkyl or cyclic N) is 1. The molecule has 2 atom stereocenters. The molecule has 1 N–H and O–H groups in total. The van der Waals surface area contributed by atoms with Gasteiger partial charge < -0.3 is 14.7 Å². The summed E-state index contributed by atoms with van der Waals surface area (Å²) in [5.74, 6) is 0.729. The second-order valence-corrected chi connectivity index (χ2v) is 5.46. The van der Waals surface area contributed by atoms with Crippen molar-refractivity contribution in [2.24, 2.45) is 0 Å². The van der Waals surface area contributed by atoms with Crippen LogP contribution < -0.4 is 9.64 Å². The molecule has 1 fully saturated rings. The highest BCUT2D eigenvalue weighted by atomic mass is 19.1. The summed E-state index contributed by atoms with van der Waals surface area (Å²) < 4.78 is 18.3. The predicted molar refractivity (Wildman–Crippen MR) is 80.4 cm³/mol. The highest BCUT2D eigenvalue weighted by Crippen LogP contribution is 2.35. The van der Waals surface area contributed by atoms with E-state index in [9.17, 15) is 9.50 Å². The van der Waals surface area contributed by atoms with E-state index in [4.69, 9.17) is 4.74 Å². The first-order chi connectivity index (χ1) is 10.6. The molecule has 22 heavy (non-hydrogen) atoms. The Morgan fingerprint density at radius 2 is 2.00 bits per heavy atom. The van der Waals surface area contributed by atoms with E-state index in [1.807, 2.05) is 11.8 Å². The third-order valence-electron chi connectivity index (χ3n) is 3.82. The summed E-state index contributed by atoms with van der Waals surface area (Å²) in [5, 5.41) is 10.0. The van der Waals surface area contributed by atoms with Gasteiger partial charge in [-0.25, -0.2) is 9.37 Å². The first kappa shape index (κ1) is 14.7. The zero-order chi connectivity index (χ0) is 15.7. The van der Waals surface area contributed by atoms with Crippen molar-refractivity contribution in [3.05, 3.63) is 47.4 Å². The van der Waals surface area contributed by atoms with E-state index in [2.05, 4.69) is 9.97 Å². The van der Waals surface area contributed by atoms with E-state index >= 15 is 0 Å². The highest BCUT2D eigenvalue weighted by Gasteiger charge is 2.34. The Balaban J connectivity index is 1.97. The van der Waals surface area contributed by atoms with Gasteiger partial charge in [0.25, 0.3) is 0 Å². The first-order valence-electron chi connectivity index (χ1n) is 7.16. The first-order valence-corrected chi connectivity index (χ1v) is 7.16. The molecule has 5 nitrogen and oxygen atoms in total. The van der Waals surface area contributed by atoms with Gasteiger partial charge in [0.05, 0.1) is 19.3 Å². The Morgan fingerprint density at radius 1 is 1.27 bits per heavy atom. The van der Waals surface area contributed by atoms with E-state index in [1.165, 1.54) is 12.1 Å². The average Bonchev–Trinajstić information content (AvgIpc) is 2.89. The van der Waals surface area contributed by atoms with Crippen molar-refractivity contribution in [1.29, 1.82) is 0 Å². The van der Waals surface area contributed by atoms with Crippen LogP contribution in [-0.2, 0) is 0 Å². The lowest BCUT2D eigenvalue weighted by Gasteiger charge is -2.25. The number of anilines is 1. The molecule has 0 aliphatic carbocycles. The van der Waals surface area contributed by atoms with Crippen molar-refractivity contribution >= 4 is 5.95 Å². The molecule has 1 aromatic heterocycles. The molecular weight excluding hydrogens is 285 g/mol. The molecule has 1 saturated heterocycles. The zero-order valence-corrected chi connectivity index (χ0v) is 12.5. The fourth-order valence-corrected chi connectivity index (χ4v) is 2.79. The smallest absolute Gasteiger partial charge is 0.229 e. The van der Waals surface area contributed by atoms with Crippen LogP contribution in [-0.4, -0.2) is 34.8 Å². The molecule has 1 aliphatic rings. The number of ether oxygens (including phenoxy) is 1. The van der Waals surface area contributed by atoms with Crippen molar-refractivity contribution in [1.82, 2.24) is 9.97 Å². The molecule has 6 heteroatoms. The molecule has 116 valence electrons. The van der Waals surface area contributed by atoms with Gasteiger partial charge >= 0.3 is 0 Å². The molecule has 1 aliphatic heterocycles. The summed E-state index contributed by atoms with van der Waals surface area (Å²) in [5.41, 5.74) is 1.73. The fraction of sp³-hybridized carbons (Fsp3) is 0.375. The molecule has 2 unspecified atom stereocenters. The van der Waals surface area contributed by atoms with Gasteiger partial charge in [-0.3, -0.25) is 0 Å². The number of hydrogen-bond donors (Lipinski definition) is 1. The highest BCUT2D eigenvalue weighted by molar-refractivity contribution is 5.41. The lowest BCUT2D eigenvalue weighted by molar-refractivity contribution is 0.194. The molecule has 0 amide bonds. The Morgan fingerprint density at radius 3 is 2.68 bits per heavy atom. The van der Waals surface area contributed by atoms with Crippen LogP contribution in [0.15, 0.2) is 30.3 Å². The van der Waals surface area contributed by atoms with E-state index in [1.54, 1.807) is 25.3 Å². The lowest BCUT2D eigenvalue weighted by Crippen LogP contribution is -2.26. The molecule has 0 radical (unpaired) electrons. The third kappa shape index (κ3) is 2.87. The summed E-state index contributed by atoms with van der Waals surface area (Å²) in [4.78, 5) is 10.7. The second kappa shape index (κ2) is 5.88. The minimum Gasteiger partial charge on any atom is -0.481 e. The number of aliphatic hydroxyl groups is 1. The van der Waals surface area contributed by atoms with Crippen molar-refractivity contribution in [2.75, 3.05) is 18.6 Å². The molecule has 2 aromatic rings. The number of hydrogen-bond acceptors (Lipinski definition) is 5. The van der Waals surface area contributed by atoms with E-state index < -0.39 is 6.10 Å². The van der Waals surface area contributed by atoms with Crippen LogP contribution in [0.3, 0.4) is 0 Å². The van der Waals surface area contributed by atoms with Gasteiger partial charge in [-0.15, -0.1) is 0 Å². The van der Waals surface area contributed by atoms with Crippen molar-refractivity contribution in [2.45, 2.75) is 25.5 Å². The SMILES string of the molecule is COc1cc(C)nc(N2CC(O)CC2c2ccc(F)cc2)n1. The predicted octanol–water partition coefficient (Wildman–Crippen LogP) is 2.25. The van der Waals surface area contributed by atoms with Crippen molar-refractivity contribution in [3.63, 3.8) is 0 Å². The monoisotopic (exact) mass is 303 g/mol. The second-order valence-electron chi connectivity index (χ2n) is 5.46. The third-order valence-corrected chi connectivity index (χ3v) is 3.82. The number of rotatable bonds is 3. The quantitative estimate of drug-likeness (QED) is 0.942. The molecule has 0 saturated carbocycles. The number of halogens is 1. The van der Waals surface area contributed by atoms with E-state index in [0.29, 0.717) is 24.8 Å². The molecule has 2 heterocycles. The minimum absolute atomic E-state index is 0.0814. The van der Waals surface area contributed by atoms with Gasteiger partial charge in [-0.2, -0.15) is 4.98 Å². The van der Waals surface area contributed by atoms with Gasteiger partial charge in [0.2, 0.25) is 11.8 Å².